The molecule has 50 valence electrons. The average Bonchev–Trinajstić information content (AvgIpc) is 1.80. The van der Waals surface area contributed by atoms with Gasteiger partial charge < -0.3 is 9.90 Å². The number of carboxylic acid groups (broad SMARTS) is 1. The lowest BCUT2D eigenvalue weighted by molar-refractivity contribution is -0.295. The Balaban J connectivity index is 3.27. The number of unbranched alkanes of at least 4 members (excludes halogenated alkanes) is 2. The third-order valence-corrected chi connectivity index (χ3v) is 0.846. The van der Waals surface area contributed by atoms with Crippen molar-refractivity contribution >= 4 is 5.97 Å². The van der Waals surface area contributed by atoms with Crippen molar-refractivity contribution in [2.75, 3.05) is 0 Å². The number of aliphatic carboxylic acids is 1. The second-order valence-corrected chi connectivity index (χ2v) is 1.69. The van der Waals surface area contributed by atoms with Crippen molar-refractivity contribution in [2.45, 2.75) is 26.2 Å². The second-order valence-electron chi connectivity index (χ2n) is 1.69. The first-order chi connectivity index (χ1) is 4.27. The van der Waals surface area contributed by atoms with Gasteiger partial charge in [-0.3, -0.25) is 0 Å². The van der Waals surface area contributed by atoms with Crippen LogP contribution in [0.15, 0.2) is 0 Å². The number of carbonyl (C=O) groups excluding carboxylic acids is 1. The van der Waals surface area contributed by atoms with Crippen LogP contribution in [0.25, 0.3) is 0 Å². The fraction of sp³-hybridized carbons (Fsp3) is 0.571. The van der Waals surface area contributed by atoms with E-state index in [9.17, 15) is 9.90 Å². The van der Waals surface area contributed by atoms with Gasteiger partial charge in [0.2, 0.25) is 0 Å². The van der Waals surface area contributed by atoms with E-state index in [1.165, 1.54) is 0 Å². The number of carbonyl (C=O) groups is 1. The fourth-order valence-electron chi connectivity index (χ4n) is 0.400. The van der Waals surface area contributed by atoms with Gasteiger partial charge in [0.05, 0.1) is 0 Å². The first-order valence-electron chi connectivity index (χ1n) is 2.97. The van der Waals surface area contributed by atoms with Gasteiger partial charge in [-0.2, -0.15) is 0 Å². The van der Waals surface area contributed by atoms with Crippen LogP contribution in [0.4, 0.5) is 0 Å². The predicted molar refractivity (Wildman–Crippen MR) is 32.3 cm³/mol. The number of rotatable bonds is 2. The molecule has 0 radical (unpaired) electrons. The standard InChI is InChI=1S/C7H10O2/c1-2-3-4-5-6-7(8)9/h2-4H2,1H3,(H,8,9)/p-1. The van der Waals surface area contributed by atoms with Crippen molar-refractivity contribution in [2.24, 2.45) is 0 Å². The lowest BCUT2D eigenvalue weighted by Gasteiger charge is -1.85. The monoisotopic (exact) mass is 125 g/mol. The molecule has 0 aliphatic carbocycles. The van der Waals surface area contributed by atoms with Gasteiger partial charge in [-0.15, -0.1) is 0 Å². The van der Waals surface area contributed by atoms with Gasteiger partial charge in [-0.1, -0.05) is 19.3 Å². The molecule has 0 aromatic heterocycles. The maximum Gasteiger partial charge on any atom is 0.116 e. The molecule has 0 aliphatic heterocycles. The molecule has 0 unspecified atom stereocenters. The number of hydrogen-bond donors (Lipinski definition) is 0. The molecule has 2 heteroatoms. The smallest absolute Gasteiger partial charge is 0.116 e. The first kappa shape index (κ1) is 8.03. The Morgan fingerprint density at radius 2 is 2.33 bits per heavy atom. The highest BCUT2D eigenvalue weighted by Gasteiger charge is 1.75. The van der Waals surface area contributed by atoms with E-state index in [1.54, 1.807) is 0 Å². The Morgan fingerprint density at radius 3 is 2.78 bits per heavy atom. The van der Waals surface area contributed by atoms with E-state index in [2.05, 4.69) is 5.92 Å². The number of hydrogen-bond acceptors (Lipinski definition) is 2. The van der Waals surface area contributed by atoms with Gasteiger partial charge in [0.25, 0.3) is 0 Å². The van der Waals surface area contributed by atoms with Crippen LogP contribution in [0.1, 0.15) is 26.2 Å². The largest absolute Gasteiger partial charge is 0.537 e. The van der Waals surface area contributed by atoms with E-state index in [-0.39, 0.29) is 0 Å². The summed E-state index contributed by atoms with van der Waals surface area (Å²) in [5.41, 5.74) is 0. The Morgan fingerprint density at radius 1 is 1.67 bits per heavy atom. The molecule has 0 heterocycles. The Kier molecular flexibility index (Phi) is 4.61. The molecule has 2 nitrogen and oxygen atoms in total. The summed E-state index contributed by atoms with van der Waals surface area (Å²) in [6.45, 7) is 2.03. The van der Waals surface area contributed by atoms with Gasteiger partial charge in [0.1, 0.15) is 5.97 Å². The van der Waals surface area contributed by atoms with Crippen molar-refractivity contribution in [1.29, 1.82) is 0 Å². The third kappa shape index (κ3) is 7.03. The topological polar surface area (TPSA) is 40.1 Å². The summed E-state index contributed by atoms with van der Waals surface area (Å²) in [5.74, 6) is 3.12. The molecule has 0 aromatic carbocycles. The van der Waals surface area contributed by atoms with Crippen molar-refractivity contribution in [1.82, 2.24) is 0 Å². The van der Waals surface area contributed by atoms with Gasteiger partial charge in [-0.25, -0.2) is 0 Å². The molecule has 0 aromatic rings. The molecule has 9 heavy (non-hydrogen) atoms. The zero-order chi connectivity index (χ0) is 7.11. The summed E-state index contributed by atoms with van der Waals surface area (Å²) in [6.07, 6.45) is 2.66. The molecule has 0 rings (SSSR count). The molecular formula is C7H9O2-. The highest BCUT2D eigenvalue weighted by Crippen LogP contribution is 1.89. The van der Waals surface area contributed by atoms with E-state index < -0.39 is 5.97 Å². The molecule has 0 N–H and O–H groups in total. The molecule has 0 amide bonds. The summed E-state index contributed by atoms with van der Waals surface area (Å²) in [7, 11) is 0. The molecule has 0 saturated heterocycles. The van der Waals surface area contributed by atoms with Gasteiger partial charge in [0.15, 0.2) is 0 Å². The van der Waals surface area contributed by atoms with Crippen molar-refractivity contribution in [3.63, 3.8) is 0 Å². The van der Waals surface area contributed by atoms with E-state index in [0.29, 0.717) is 6.42 Å². The highest BCUT2D eigenvalue weighted by atomic mass is 16.4. The van der Waals surface area contributed by atoms with Crippen molar-refractivity contribution in [3.05, 3.63) is 0 Å². The zero-order valence-corrected chi connectivity index (χ0v) is 5.44. The fourth-order valence-corrected chi connectivity index (χ4v) is 0.400. The van der Waals surface area contributed by atoms with E-state index in [0.717, 1.165) is 12.8 Å². The van der Waals surface area contributed by atoms with Gasteiger partial charge >= 0.3 is 0 Å². The summed E-state index contributed by atoms with van der Waals surface area (Å²) in [6, 6.07) is 0. The second kappa shape index (κ2) is 5.17. The van der Waals surface area contributed by atoms with Gasteiger partial charge in [0, 0.05) is 6.42 Å². The van der Waals surface area contributed by atoms with Crippen LogP contribution < -0.4 is 5.11 Å². The third-order valence-electron chi connectivity index (χ3n) is 0.846. The average molecular weight is 125 g/mol. The molecule has 0 fully saturated rings. The van der Waals surface area contributed by atoms with Gasteiger partial charge in [-0.05, 0) is 12.3 Å². The van der Waals surface area contributed by atoms with E-state index in [1.807, 2.05) is 12.8 Å². The minimum Gasteiger partial charge on any atom is -0.537 e. The Labute approximate surface area is 54.9 Å². The number of carboxylic acids is 1. The summed E-state index contributed by atoms with van der Waals surface area (Å²) < 4.78 is 0. The highest BCUT2D eigenvalue weighted by molar-refractivity contribution is 5.84. The van der Waals surface area contributed by atoms with Crippen LogP contribution >= 0.6 is 0 Å². The van der Waals surface area contributed by atoms with Crippen molar-refractivity contribution in [3.8, 4) is 11.8 Å². The summed E-state index contributed by atoms with van der Waals surface area (Å²) >= 11 is 0. The Bertz CT molecular complexity index is 139. The quantitative estimate of drug-likeness (QED) is 0.383. The van der Waals surface area contributed by atoms with Crippen LogP contribution in [-0.2, 0) is 4.79 Å². The summed E-state index contributed by atoms with van der Waals surface area (Å²) in [5, 5.41) is 9.68. The predicted octanol–water partition coefficient (Wildman–Crippen LogP) is -0.0701. The molecule has 0 saturated carbocycles. The minimum absolute atomic E-state index is 0.657. The van der Waals surface area contributed by atoms with Crippen LogP contribution in [0.2, 0.25) is 0 Å². The molecule has 0 aliphatic rings. The molecular weight excluding hydrogens is 116 g/mol. The maximum absolute atomic E-state index is 9.68. The van der Waals surface area contributed by atoms with E-state index in [4.69, 9.17) is 0 Å². The minimum atomic E-state index is -1.29. The lowest BCUT2D eigenvalue weighted by Crippen LogP contribution is -2.19. The van der Waals surface area contributed by atoms with Crippen LogP contribution in [-0.4, -0.2) is 5.97 Å². The molecule has 0 bridgehead atoms. The summed E-state index contributed by atoms with van der Waals surface area (Å²) in [4.78, 5) is 9.68. The normalized spacial score (nSPS) is 7.67. The SMILES string of the molecule is CCCCC#CC(=O)[O-]. The zero-order valence-electron chi connectivity index (χ0n) is 5.44. The molecule has 0 atom stereocenters. The van der Waals surface area contributed by atoms with Crippen molar-refractivity contribution < 1.29 is 9.90 Å². The van der Waals surface area contributed by atoms with Crippen LogP contribution in [0, 0.1) is 11.8 Å². The molecule has 0 spiro atoms. The first-order valence-corrected chi connectivity index (χ1v) is 2.97. The van der Waals surface area contributed by atoms with Crippen LogP contribution in [0.3, 0.4) is 0 Å². The van der Waals surface area contributed by atoms with Crippen LogP contribution in [0.5, 0.6) is 0 Å². The lowest BCUT2D eigenvalue weighted by atomic mass is 10.2. The Hall–Kier alpha value is -0.970. The maximum atomic E-state index is 9.68. The van der Waals surface area contributed by atoms with E-state index >= 15 is 0 Å².